The lowest BCUT2D eigenvalue weighted by molar-refractivity contribution is -0.122. The van der Waals surface area contributed by atoms with Gasteiger partial charge in [-0.3, -0.25) is 9.69 Å². The average molecular weight is 568 g/mol. The van der Waals surface area contributed by atoms with Crippen LogP contribution in [-0.4, -0.2) is 35.5 Å². The van der Waals surface area contributed by atoms with Crippen LogP contribution in [0.3, 0.4) is 0 Å². The number of aryl methyl sites for hydroxylation is 1. The highest BCUT2D eigenvalue weighted by atomic mass is 35.5. The number of carbonyl (C=O) groups excluding carboxylic acids is 1. The number of halogens is 1. The quantitative estimate of drug-likeness (QED) is 0.142. The fourth-order valence-electron chi connectivity index (χ4n) is 4.06. The van der Waals surface area contributed by atoms with Gasteiger partial charge in [0.25, 0.3) is 5.91 Å². The minimum absolute atomic E-state index is 0.131. The van der Waals surface area contributed by atoms with Crippen molar-refractivity contribution in [3.63, 3.8) is 0 Å². The summed E-state index contributed by atoms with van der Waals surface area (Å²) in [4.78, 5) is 15.2. The second-order valence-electron chi connectivity index (χ2n) is 9.18. The zero-order valence-electron chi connectivity index (χ0n) is 21.8. The summed E-state index contributed by atoms with van der Waals surface area (Å²) in [6, 6.07) is 19.6. The van der Waals surface area contributed by atoms with E-state index in [1.807, 2.05) is 43.3 Å². The summed E-state index contributed by atoms with van der Waals surface area (Å²) < 4.78 is 18.1. The number of hydrogen-bond donors (Lipinski definition) is 0. The number of carbonyl (C=O) groups is 1. The van der Waals surface area contributed by atoms with Gasteiger partial charge in [0.05, 0.1) is 23.6 Å². The summed E-state index contributed by atoms with van der Waals surface area (Å²) in [5, 5.41) is 0.383. The molecule has 4 rings (SSSR count). The molecule has 1 heterocycles. The second kappa shape index (κ2) is 12.7. The predicted molar refractivity (Wildman–Crippen MR) is 159 cm³/mol. The Labute approximate surface area is 238 Å². The third kappa shape index (κ3) is 6.70. The first-order valence-electron chi connectivity index (χ1n) is 12.3. The molecule has 3 aromatic rings. The van der Waals surface area contributed by atoms with Crippen molar-refractivity contribution >= 4 is 51.9 Å². The molecule has 0 unspecified atom stereocenters. The Morgan fingerprint density at radius 1 is 1.03 bits per heavy atom. The molecule has 38 heavy (non-hydrogen) atoms. The molecule has 198 valence electrons. The summed E-state index contributed by atoms with van der Waals surface area (Å²) in [6.07, 6.45) is 1.77. The van der Waals surface area contributed by atoms with Crippen LogP contribution >= 0.6 is 35.6 Å². The van der Waals surface area contributed by atoms with Crippen LogP contribution in [0, 0.1) is 6.92 Å². The van der Waals surface area contributed by atoms with Gasteiger partial charge in [0, 0.05) is 0 Å². The van der Waals surface area contributed by atoms with E-state index >= 15 is 0 Å². The summed E-state index contributed by atoms with van der Waals surface area (Å²) in [5.74, 6) is 1.99. The van der Waals surface area contributed by atoms with Gasteiger partial charge >= 0.3 is 0 Å². The van der Waals surface area contributed by atoms with E-state index in [4.69, 9.17) is 38.0 Å². The maximum Gasteiger partial charge on any atom is 0.266 e. The molecule has 0 bridgehead atoms. The van der Waals surface area contributed by atoms with Crippen LogP contribution in [0.5, 0.6) is 17.2 Å². The van der Waals surface area contributed by atoms with E-state index in [9.17, 15) is 4.79 Å². The van der Waals surface area contributed by atoms with Crippen molar-refractivity contribution in [2.45, 2.75) is 33.2 Å². The Morgan fingerprint density at radius 2 is 1.76 bits per heavy atom. The molecule has 1 aliphatic heterocycles. The topological polar surface area (TPSA) is 48.0 Å². The Kier molecular flexibility index (Phi) is 9.36. The zero-order valence-corrected chi connectivity index (χ0v) is 24.2. The number of nitrogens with zero attached hydrogens (tertiary/aromatic N) is 1. The van der Waals surface area contributed by atoms with Crippen LogP contribution < -0.4 is 14.2 Å². The van der Waals surface area contributed by atoms with Crippen LogP contribution in [0.4, 0.5) is 0 Å². The largest absolute Gasteiger partial charge is 0.493 e. The van der Waals surface area contributed by atoms with Gasteiger partial charge < -0.3 is 14.2 Å². The molecule has 1 saturated heterocycles. The highest BCUT2D eigenvalue weighted by Gasteiger charge is 2.32. The smallest absolute Gasteiger partial charge is 0.266 e. The Bertz CT molecular complexity index is 1360. The Morgan fingerprint density at radius 3 is 2.47 bits per heavy atom. The number of rotatable bonds is 10. The fourth-order valence-corrected chi connectivity index (χ4v) is 5.58. The molecule has 3 aromatic carbocycles. The normalized spacial score (nSPS) is 14.5. The van der Waals surface area contributed by atoms with Crippen molar-refractivity contribution in [3.8, 4) is 17.2 Å². The molecule has 1 aliphatic rings. The van der Waals surface area contributed by atoms with Gasteiger partial charge in [0.2, 0.25) is 0 Å². The highest BCUT2D eigenvalue weighted by molar-refractivity contribution is 8.26. The molecule has 1 fully saturated rings. The highest BCUT2D eigenvalue weighted by Crippen LogP contribution is 2.39. The van der Waals surface area contributed by atoms with Crippen LogP contribution in [0.2, 0.25) is 5.02 Å². The van der Waals surface area contributed by atoms with Crippen LogP contribution in [0.1, 0.15) is 42.0 Å². The van der Waals surface area contributed by atoms with E-state index in [0.29, 0.717) is 51.4 Å². The lowest BCUT2D eigenvalue weighted by Gasteiger charge is -2.16. The zero-order chi connectivity index (χ0) is 27.2. The average Bonchev–Trinajstić information content (AvgIpc) is 3.15. The van der Waals surface area contributed by atoms with Gasteiger partial charge in [0.15, 0.2) is 11.5 Å². The summed E-state index contributed by atoms with van der Waals surface area (Å²) in [7, 11) is 1.56. The van der Waals surface area contributed by atoms with E-state index in [1.165, 1.54) is 11.8 Å². The van der Waals surface area contributed by atoms with Crippen molar-refractivity contribution in [3.05, 3.63) is 92.8 Å². The molecule has 0 N–H and O–H groups in total. The summed E-state index contributed by atoms with van der Waals surface area (Å²) in [5.41, 5.74) is 4.03. The monoisotopic (exact) mass is 567 g/mol. The number of ether oxygens (including phenoxy) is 3. The molecule has 8 heteroatoms. The fraction of sp³-hybridized carbons (Fsp3) is 0.267. The SMILES string of the molecule is COc1cc(C=C2SC(=S)N(Cc3ccccc3)C2=O)cc(Cl)c1OCCOc1cc(C)ccc1C(C)C. The first-order valence-corrected chi connectivity index (χ1v) is 13.9. The number of hydrogen-bond acceptors (Lipinski definition) is 6. The molecule has 0 saturated carbocycles. The first kappa shape index (κ1) is 28.0. The van der Waals surface area contributed by atoms with Gasteiger partial charge in [0.1, 0.15) is 23.3 Å². The Hall–Kier alpha value is -3.00. The maximum absolute atomic E-state index is 13.1. The lowest BCUT2D eigenvalue weighted by Crippen LogP contribution is -2.27. The number of benzene rings is 3. The number of thiocarbonyl (C=S) groups is 1. The lowest BCUT2D eigenvalue weighted by atomic mass is 10.0. The van der Waals surface area contributed by atoms with Gasteiger partial charge in [-0.1, -0.05) is 91.9 Å². The van der Waals surface area contributed by atoms with Crippen molar-refractivity contribution in [1.82, 2.24) is 4.90 Å². The summed E-state index contributed by atoms with van der Waals surface area (Å²) >= 11 is 13.3. The third-order valence-corrected chi connectivity index (χ3v) is 7.64. The van der Waals surface area contributed by atoms with Crippen LogP contribution in [-0.2, 0) is 11.3 Å². The van der Waals surface area contributed by atoms with E-state index in [2.05, 4.69) is 26.0 Å². The van der Waals surface area contributed by atoms with Gasteiger partial charge in [-0.15, -0.1) is 0 Å². The van der Waals surface area contributed by atoms with Crippen LogP contribution in [0.25, 0.3) is 6.08 Å². The number of methoxy groups -OCH3 is 1. The molecule has 0 aromatic heterocycles. The minimum Gasteiger partial charge on any atom is -0.493 e. The predicted octanol–water partition coefficient (Wildman–Crippen LogP) is 7.64. The molecule has 0 radical (unpaired) electrons. The van der Waals surface area contributed by atoms with Crippen LogP contribution in [0.15, 0.2) is 65.6 Å². The van der Waals surface area contributed by atoms with Crippen molar-refractivity contribution in [1.29, 1.82) is 0 Å². The van der Waals surface area contributed by atoms with E-state index in [1.54, 1.807) is 30.2 Å². The molecular formula is C30H30ClNO4S2. The molecule has 0 atom stereocenters. The van der Waals surface area contributed by atoms with E-state index < -0.39 is 0 Å². The molecule has 1 amide bonds. The Balaban J connectivity index is 1.43. The van der Waals surface area contributed by atoms with Gasteiger partial charge in [-0.05, 0) is 59.4 Å². The molecular weight excluding hydrogens is 538 g/mol. The summed E-state index contributed by atoms with van der Waals surface area (Å²) in [6.45, 7) is 7.40. The number of amides is 1. The third-order valence-electron chi connectivity index (χ3n) is 5.99. The van der Waals surface area contributed by atoms with E-state index in [-0.39, 0.29) is 5.91 Å². The molecule has 0 aliphatic carbocycles. The van der Waals surface area contributed by atoms with Gasteiger partial charge in [-0.2, -0.15) is 0 Å². The van der Waals surface area contributed by atoms with Gasteiger partial charge in [-0.25, -0.2) is 0 Å². The van der Waals surface area contributed by atoms with Crippen molar-refractivity contribution in [2.24, 2.45) is 0 Å². The molecule has 0 spiro atoms. The van der Waals surface area contributed by atoms with Crippen molar-refractivity contribution < 1.29 is 19.0 Å². The second-order valence-corrected chi connectivity index (χ2v) is 11.3. The maximum atomic E-state index is 13.1. The standard InChI is InChI=1S/C30H30ClNO4S2/c1-19(2)23-11-10-20(3)14-25(23)35-12-13-36-28-24(31)15-22(16-26(28)34-4)17-27-29(33)32(30(37)38-27)18-21-8-6-5-7-9-21/h5-11,14-17,19H,12-13,18H2,1-4H3. The van der Waals surface area contributed by atoms with E-state index in [0.717, 1.165) is 28.0 Å². The number of thioether (sulfide) groups is 1. The molecule has 5 nitrogen and oxygen atoms in total. The van der Waals surface area contributed by atoms with Crippen molar-refractivity contribution in [2.75, 3.05) is 20.3 Å². The minimum atomic E-state index is -0.131. The first-order chi connectivity index (χ1) is 18.3.